The number of carbonyl (C=O) groups excluding carboxylic acids is 2. The van der Waals surface area contributed by atoms with Gasteiger partial charge in [0.15, 0.2) is 24.0 Å². The molecule has 110 valence electrons. The molecule has 1 aromatic rings. The van der Waals surface area contributed by atoms with Crippen LogP contribution >= 0.6 is 15.9 Å². The fraction of sp³-hybridized carbons (Fsp3) is 0.429. The first-order valence-electron chi connectivity index (χ1n) is 6.19. The van der Waals surface area contributed by atoms with Crippen LogP contribution in [0.1, 0.15) is 20.8 Å². The Kier molecular flexibility index (Phi) is 6.13. The van der Waals surface area contributed by atoms with Gasteiger partial charge in [-0.05, 0) is 31.0 Å². The van der Waals surface area contributed by atoms with E-state index < -0.39 is 17.8 Å². The summed E-state index contributed by atoms with van der Waals surface area (Å²) in [6, 6.07) is 3.66. The van der Waals surface area contributed by atoms with Gasteiger partial charge in [-0.15, -0.1) is 0 Å². The number of ketones is 1. The lowest BCUT2D eigenvalue weighted by Gasteiger charge is -2.19. The minimum atomic E-state index is -0.557. The van der Waals surface area contributed by atoms with Crippen LogP contribution in [0.15, 0.2) is 22.7 Å². The molecule has 0 aliphatic carbocycles. The molecule has 0 saturated carbocycles. The summed E-state index contributed by atoms with van der Waals surface area (Å²) in [5.41, 5.74) is 0. The lowest BCUT2D eigenvalue weighted by Crippen LogP contribution is -2.45. The molecule has 0 saturated heterocycles. The molecule has 0 fully saturated rings. The second-order valence-corrected chi connectivity index (χ2v) is 5.68. The first-order valence-corrected chi connectivity index (χ1v) is 6.98. The number of Topliss-reactive ketones (excluding diaryl/α,β-unsaturated/α-hetero) is 1. The van der Waals surface area contributed by atoms with Crippen molar-refractivity contribution in [2.24, 2.45) is 5.92 Å². The predicted octanol–water partition coefficient (Wildman–Crippen LogP) is 2.70. The Morgan fingerprint density at radius 3 is 2.60 bits per heavy atom. The Balaban J connectivity index is 2.59. The summed E-state index contributed by atoms with van der Waals surface area (Å²) in [6.45, 7) is 4.74. The lowest BCUT2D eigenvalue weighted by atomic mass is 10.0. The Labute approximate surface area is 125 Å². The number of carbonyl (C=O) groups is 2. The molecule has 1 aromatic carbocycles. The highest BCUT2D eigenvalue weighted by Gasteiger charge is 2.20. The van der Waals surface area contributed by atoms with Crippen LogP contribution in [-0.2, 0) is 9.59 Å². The van der Waals surface area contributed by atoms with E-state index in [4.69, 9.17) is 4.74 Å². The van der Waals surface area contributed by atoms with Gasteiger partial charge >= 0.3 is 0 Å². The van der Waals surface area contributed by atoms with Crippen LogP contribution in [0.2, 0.25) is 0 Å². The maximum Gasteiger partial charge on any atom is 0.258 e. The highest BCUT2D eigenvalue weighted by molar-refractivity contribution is 9.10. The molecule has 0 bridgehead atoms. The third kappa shape index (κ3) is 4.92. The van der Waals surface area contributed by atoms with Crippen LogP contribution in [0.5, 0.6) is 5.75 Å². The minimum Gasteiger partial charge on any atom is -0.481 e. The van der Waals surface area contributed by atoms with E-state index in [1.54, 1.807) is 0 Å². The van der Waals surface area contributed by atoms with E-state index in [-0.39, 0.29) is 24.1 Å². The average Bonchev–Trinajstić information content (AvgIpc) is 2.36. The lowest BCUT2D eigenvalue weighted by molar-refractivity contribution is -0.129. The molecule has 6 heteroatoms. The number of rotatable bonds is 6. The highest BCUT2D eigenvalue weighted by atomic mass is 79.9. The largest absolute Gasteiger partial charge is 0.481 e. The van der Waals surface area contributed by atoms with Crippen molar-refractivity contribution in [3.63, 3.8) is 0 Å². The van der Waals surface area contributed by atoms with Crippen LogP contribution in [-0.4, -0.2) is 24.3 Å². The van der Waals surface area contributed by atoms with Crippen molar-refractivity contribution in [1.82, 2.24) is 5.32 Å². The molecule has 4 nitrogen and oxygen atoms in total. The van der Waals surface area contributed by atoms with Gasteiger partial charge in [0.25, 0.3) is 5.91 Å². The molecule has 1 N–H and O–H groups in total. The Bertz CT molecular complexity index is 505. The maximum absolute atomic E-state index is 13.4. The fourth-order valence-electron chi connectivity index (χ4n) is 1.68. The quantitative estimate of drug-likeness (QED) is 0.862. The van der Waals surface area contributed by atoms with Gasteiger partial charge in [0.05, 0.1) is 6.04 Å². The molecule has 0 aromatic heterocycles. The van der Waals surface area contributed by atoms with Crippen LogP contribution in [0.4, 0.5) is 4.39 Å². The van der Waals surface area contributed by atoms with Gasteiger partial charge in [-0.3, -0.25) is 9.59 Å². The average molecular weight is 346 g/mol. The van der Waals surface area contributed by atoms with E-state index in [1.807, 2.05) is 13.8 Å². The van der Waals surface area contributed by atoms with E-state index in [9.17, 15) is 14.0 Å². The molecule has 1 unspecified atom stereocenters. The monoisotopic (exact) mass is 345 g/mol. The molecule has 0 spiro atoms. The van der Waals surface area contributed by atoms with E-state index in [1.165, 1.54) is 25.1 Å². The third-order valence-electron chi connectivity index (χ3n) is 2.67. The van der Waals surface area contributed by atoms with Crippen molar-refractivity contribution in [2.75, 3.05) is 6.61 Å². The third-order valence-corrected chi connectivity index (χ3v) is 3.17. The van der Waals surface area contributed by atoms with Crippen molar-refractivity contribution < 1.29 is 18.7 Å². The Hall–Kier alpha value is -1.43. The predicted molar refractivity (Wildman–Crippen MR) is 77.0 cm³/mol. The smallest absolute Gasteiger partial charge is 0.258 e. The van der Waals surface area contributed by atoms with Gasteiger partial charge in [-0.25, -0.2) is 4.39 Å². The van der Waals surface area contributed by atoms with Gasteiger partial charge in [-0.1, -0.05) is 29.8 Å². The molecular weight excluding hydrogens is 329 g/mol. The summed E-state index contributed by atoms with van der Waals surface area (Å²) >= 11 is 3.19. The second kappa shape index (κ2) is 7.38. The van der Waals surface area contributed by atoms with E-state index >= 15 is 0 Å². The first-order chi connectivity index (χ1) is 9.31. The molecule has 1 atom stereocenters. The standard InChI is InChI=1S/C14H17BrFNO3/c1-8(2)14(9(3)18)17-13(19)7-20-12-6-10(15)4-5-11(12)16/h4-6,8,14H,7H2,1-3H3,(H,17,19). The number of ether oxygens (including phenoxy) is 1. The summed E-state index contributed by atoms with van der Waals surface area (Å²) in [4.78, 5) is 23.1. The number of nitrogens with one attached hydrogen (secondary N) is 1. The van der Waals surface area contributed by atoms with Gasteiger partial charge in [0, 0.05) is 4.47 Å². The topological polar surface area (TPSA) is 55.4 Å². The molecule has 0 aliphatic heterocycles. The summed E-state index contributed by atoms with van der Waals surface area (Å²) in [5.74, 6) is -1.16. The van der Waals surface area contributed by atoms with Gasteiger partial charge in [0.2, 0.25) is 0 Å². The molecule has 0 radical (unpaired) electrons. The van der Waals surface area contributed by atoms with Crippen LogP contribution in [0, 0.1) is 11.7 Å². The van der Waals surface area contributed by atoms with Crippen molar-refractivity contribution in [2.45, 2.75) is 26.8 Å². The Morgan fingerprint density at radius 2 is 2.05 bits per heavy atom. The molecule has 1 amide bonds. The number of benzene rings is 1. The maximum atomic E-state index is 13.4. The van der Waals surface area contributed by atoms with Crippen LogP contribution in [0.25, 0.3) is 0 Å². The minimum absolute atomic E-state index is 0.0148. The SMILES string of the molecule is CC(=O)C(NC(=O)COc1cc(Br)ccc1F)C(C)C. The van der Waals surface area contributed by atoms with Gasteiger partial charge in [0.1, 0.15) is 0 Å². The molecular formula is C14H17BrFNO3. The van der Waals surface area contributed by atoms with Crippen LogP contribution in [0.3, 0.4) is 0 Å². The fourth-order valence-corrected chi connectivity index (χ4v) is 2.02. The van der Waals surface area contributed by atoms with Gasteiger partial charge in [-0.2, -0.15) is 0 Å². The van der Waals surface area contributed by atoms with E-state index in [2.05, 4.69) is 21.2 Å². The summed E-state index contributed by atoms with van der Waals surface area (Å²) in [5, 5.41) is 2.57. The van der Waals surface area contributed by atoms with Gasteiger partial charge < -0.3 is 10.1 Å². The highest BCUT2D eigenvalue weighted by Crippen LogP contribution is 2.22. The number of hydrogen-bond donors (Lipinski definition) is 1. The van der Waals surface area contributed by atoms with Crippen molar-refractivity contribution in [1.29, 1.82) is 0 Å². The normalized spacial score (nSPS) is 12.1. The second-order valence-electron chi connectivity index (χ2n) is 4.76. The summed E-state index contributed by atoms with van der Waals surface area (Å²) in [6.07, 6.45) is 0. The number of amides is 1. The zero-order valence-corrected chi connectivity index (χ0v) is 13.2. The first kappa shape index (κ1) is 16.6. The van der Waals surface area contributed by atoms with Crippen molar-refractivity contribution in [3.05, 3.63) is 28.5 Å². The summed E-state index contributed by atoms with van der Waals surface area (Å²) in [7, 11) is 0. The Morgan fingerprint density at radius 1 is 1.40 bits per heavy atom. The van der Waals surface area contributed by atoms with Crippen LogP contribution < -0.4 is 10.1 Å². The zero-order chi connectivity index (χ0) is 15.3. The number of hydrogen-bond acceptors (Lipinski definition) is 3. The molecule has 0 heterocycles. The molecule has 0 aliphatic rings. The zero-order valence-electron chi connectivity index (χ0n) is 11.6. The number of halogens is 2. The molecule has 20 heavy (non-hydrogen) atoms. The van der Waals surface area contributed by atoms with Crippen molar-refractivity contribution >= 4 is 27.6 Å². The van der Waals surface area contributed by atoms with E-state index in [0.717, 1.165) is 0 Å². The van der Waals surface area contributed by atoms with E-state index in [0.29, 0.717) is 4.47 Å². The molecule has 1 rings (SSSR count). The van der Waals surface area contributed by atoms with Crippen molar-refractivity contribution in [3.8, 4) is 5.75 Å². The summed E-state index contributed by atoms with van der Waals surface area (Å²) < 4.78 is 19.2.